The summed E-state index contributed by atoms with van der Waals surface area (Å²) in [6.45, 7) is 4.16. The van der Waals surface area contributed by atoms with E-state index in [-0.39, 0.29) is 11.6 Å². The van der Waals surface area contributed by atoms with E-state index >= 15 is 0 Å². The molecule has 0 aliphatic heterocycles. The molecular weight excluding hydrogens is 288 g/mol. The van der Waals surface area contributed by atoms with Crippen LogP contribution in [0.1, 0.15) is 26.4 Å². The van der Waals surface area contributed by atoms with Crippen molar-refractivity contribution < 1.29 is 9.72 Å². The number of rotatable bonds is 4. The predicted molar refractivity (Wildman–Crippen MR) is 82.7 cm³/mol. The Morgan fingerprint density at radius 1 is 1.29 bits per heavy atom. The van der Waals surface area contributed by atoms with Gasteiger partial charge in [-0.25, -0.2) is 0 Å². The third-order valence-corrected chi connectivity index (χ3v) is 4.36. The van der Waals surface area contributed by atoms with Gasteiger partial charge in [0.15, 0.2) is 0 Å². The minimum atomic E-state index is -0.463. The second-order valence-corrected chi connectivity index (χ2v) is 5.95. The molecule has 0 fully saturated rings. The van der Waals surface area contributed by atoms with E-state index < -0.39 is 4.92 Å². The molecule has 6 heteroatoms. The van der Waals surface area contributed by atoms with E-state index in [4.69, 9.17) is 0 Å². The van der Waals surface area contributed by atoms with Gasteiger partial charge in [-0.1, -0.05) is 6.07 Å². The number of aryl methyl sites for hydroxylation is 2. The maximum atomic E-state index is 12.4. The average Bonchev–Trinajstić information content (AvgIpc) is 2.83. The van der Waals surface area contributed by atoms with Crippen LogP contribution in [0.15, 0.2) is 29.6 Å². The Morgan fingerprint density at radius 3 is 2.57 bits per heavy atom. The number of hydrogen-bond acceptors (Lipinski definition) is 4. The van der Waals surface area contributed by atoms with Gasteiger partial charge in [0, 0.05) is 29.1 Å². The van der Waals surface area contributed by atoms with Crippen molar-refractivity contribution in [3.8, 4) is 0 Å². The van der Waals surface area contributed by atoms with Crippen molar-refractivity contribution in [2.24, 2.45) is 0 Å². The zero-order chi connectivity index (χ0) is 15.6. The van der Waals surface area contributed by atoms with Gasteiger partial charge in [0.2, 0.25) is 0 Å². The van der Waals surface area contributed by atoms with Crippen LogP contribution in [0.25, 0.3) is 0 Å². The highest BCUT2D eigenvalue weighted by Crippen LogP contribution is 2.22. The van der Waals surface area contributed by atoms with Crippen LogP contribution >= 0.6 is 11.3 Å². The lowest BCUT2D eigenvalue weighted by Gasteiger charge is -2.17. The quantitative estimate of drug-likeness (QED) is 0.641. The Morgan fingerprint density at radius 2 is 2.00 bits per heavy atom. The molecule has 2 rings (SSSR count). The SMILES string of the molecule is Cc1ccc(C(=O)N(C)Cc2sccc2C)cc1[N+](=O)[O-]. The first-order valence-corrected chi connectivity index (χ1v) is 7.31. The summed E-state index contributed by atoms with van der Waals surface area (Å²) in [6.07, 6.45) is 0. The smallest absolute Gasteiger partial charge is 0.273 e. The molecule has 1 amide bonds. The van der Waals surface area contributed by atoms with Gasteiger partial charge in [0.25, 0.3) is 11.6 Å². The fourth-order valence-electron chi connectivity index (χ4n) is 2.01. The van der Waals surface area contributed by atoms with Crippen molar-refractivity contribution >= 4 is 22.9 Å². The molecule has 1 aromatic carbocycles. The Kier molecular flexibility index (Phi) is 4.37. The maximum absolute atomic E-state index is 12.4. The second-order valence-electron chi connectivity index (χ2n) is 4.95. The summed E-state index contributed by atoms with van der Waals surface area (Å²) in [5.74, 6) is -0.217. The Bertz CT molecular complexity index is 694. The molecule has 0 saturated heterocycles. The van der Waals surface area contributed by atoms with E-state index in [1.807, 2.05) is 18.4 Å². The van der Waals surface area contributed by atoms with Gasteiger partial charge in [-0.15, -0.1) is 11.3 Å². The zero-order valence-corrected chi connectivity index (χ0v) is 12.9. The fourth-order valence-corrected chi connectivity index (χ4v) is 2.97. The van der Waals surface area contributed by atoms with E-state index in [9.17, 15) is 14.9 Å². The van der Waals surface area contributed by atoms with Gasteiger partial charge < -0.3 is 4.90 Å². The van der Waals surface area contributed by atoms with Gasteiger partial charge in [-0.05, 0) is 36.9 Å². The van der Waals surface area contributed by atoms with Crippen LogP contribution < -0.4 is 0 Å². The summed E-state index contributed by atoms with van der Waals surface area (Å²) in [6, 6.07) is 6.59. The highest BCUT2D eigenvalue weighted by atomic mass is 32.1. The van der Waals surface area contributed by atoms with Gasteiger partial charge in [0.1, 0.15) is 0 Å². The molecule has 2 aromatic rings. The minimum absolute atomic E-state index is 0.0263. The van der Waals surface area contributed by atoms with E-state index in [1.54, 1.807) is 42.3 Å². The first kappa shape index (κ1) is 15.2. The van der Waals surface area contributed by atoms with E-state index in [0.29, 0.717) is 17.7 Å². The molecule has 1 heterocycles. The topological polar surface area (TPSA) is 63.5 Å². The number of hydrogen-bond donors (Lipinski definition) is 0. The Hall–Kier alpha value is -2.21. The minimum Gasteiger partial charge on any atom is -0.337 e. The lowest BCUT2D eigenvalue weighted by molar-refractivity contribution is -0.385. The monoisotopic (exact) mass is 304 g/mol. The van der Waals surface area contributed by atoms with Crippen LogP contribution in [0.4, 0.5) is 5.69 Å². The van der Waals surface area contributed by atoms with Crippen molar-refractivity contribution in [2.45, 2.75) is 20.4 Å². The standard InChI is InChI=1S/C15H16N2O3S/c1-10-4-5-12(8-13(10)17(19)20)15(18)16(3)9-14-11(2)6-7-21-14/h4-8H,9H2,1-3H3. The molecule has 0 aliphatic carbocycles. The molecular formula is C15H16N2O3S. The number of carbonyl (C=O) groups excluding carboxylic acids is 1. The van der Waals surface area contributed by atoms with Crippen LogP contribution in [0.2, 0.25) is 0 Å². The summed E-state index contributed by atoms with van der Waals surface area (Å²) in [7, 11) is 1.70. The highest BCUT2D eigenvalue weighted by Gasteiger charge is 2.18. The molecule has 110 valence electrons. The third kappa shape index (κ3) is 3.28. The molecule has 0 N–H and O–H groups in total. The number of nitro groups is 1. The van der Waals surface area contributed by atoms with Crippen molar-refractivity contribution in [1.82, 2.24) is 4.90 Å². The summed E-state index contributed by atoms with van der Waals surface area (Å²) in [5, 5.41) is 12.9. The lowest BCUT2D eigenvalue weighted by atomic mass is 10.1. The first-order chi connectivity index (χ1) is 9.90. The molecule has 0 atom stereocenters. The molecule has 0 saturated carbocycles. The van der Waals surface area contributed by atoms with Crippen molar-refractivity contribution in [1.29, 1.82) is 0 Å². The predicted octanol–water partition coefficient (Wildman–Crippen LogP) is 3.55. The summed E-state index contributed by atoms with van der Waals surface area (Å²) in [5.41, 5.74) is 2.01. The molecule has 5 nitrogen and oxygen atoms in total. The van der Waals surface area contributed by atoms with Gasteiger partial charge in [-0.3, -0.25) is 14.9 Å². The van der Waals surface area contributed by atoms with Crippen molar-refractivity contribution in [2.75, 3.05) is 7.05 Å². The molecule has 0 spiro atoms. The van der Waals surface area contributed by atoms with E-state index in [2.05, 4.69) is 0 Å². The normalized spacial score (nSPS) is 10.4. The molecule has 21 heavy (non-hydrogen) atoms. The largest absolute Gasteiger partial charge is 0.337 e. The van der Waals surface area contributed by atoms with Crippen LogP contribution in [-0.4, -0.2) is 22.8 Å². The highest BCUT2D eigenvalue weighted by molar-refractivity contribution is 7.10. The lowest BCUT2D eigenvalue weighted by Crippen LogP contribution is -2.26. The number of nitro benzene ring substituents is 1. The van der Waals surface area contributed by atoms with E-state index in [0.717, 1.165) is 10.4 Å². The third-order valence-electron chi connectivity index (χ3n) is 3.35. The number of thiophene rings is 1. The Labute approximate surface area is 127 Å². The second kappa shape index (κ2) is 6.05. The van der Waals surface area contributed by atoms with Crippen LogP contribution in [0, 0.1) is 24.0 Å². The van der Waals surface area contributed by atoms with Gasteiger partial charge in [-0.2, -0.15) is 0 Å². The molecule has 0 aliphatic rings. The number of carbonyl (C=O) groups is 1. The number of nitrogens with zero attached hydrogens (tertiary/aromatic N) is 2. The average molecular weight is 304 g/mol. The van der Waals surface area contributed by atoms with Crippen molar-refractivity contribution in [3.05, 3.63) is 61.3 Å². The summed E-state index contributed by atoms with van der Waals surface area (Å²) in [4.78, 5) is 25.6. The number of benzene rings is 1. The molecule has 0 radical (unpaired) electrons. The van der Waals surface area contributed by atoms with Crippen molar-refractivity contribution in [3.63, 3.8) is 0 Å². The molecule has 1 aromatic heterocycles. The van der Waals surface area contributed by atoms with Crippen LogP contribution in [0.3, 0.4) is 0 Å². The molecule has 0 unspecified atom stereocenters. The Balaban J connectivity index is 2.21. The summed E-state index contributed by atoms with van der Waals surface area (Å²) >= 11 is 1.60. The first-order valence-electron chi connectivity index (χ1n) is 6.43. The van der Waals surface area contributed by atoms with Gasteiger partial charge in [0.05, 0.1) is 11.5 Å². The van der Waals surface area contributed by atoms with E-state index in [1.165, 1.54) is 6.07 Å². The van der Waals surface area contributed by atoms with Gasteiger partial charge >= 0.3 is 0 Å². The fraction of sp³-hybridized carbons (Fsp3) is 0.267. The summed E-state index contributed by atoms with van der Waals surface area (Å²) < 4.78 is 0. The maximum Gasteiger partial charge on any atom is 0.273 e. The van der Waals surface area contributed by atoms with Crippen LogP contribution in [0.5, 0.6) is 0 Å². The molecule has 0 bridgehead atoms. The van der Waals surface area contributed by atoms with Crippen LogP contribution in [-0.2, 0) is 6.54 Å². The zero-order valence-electron chi connectivity index (χ0n) is 12.1. The number of amides is 1.